The molecule has 0 radical (unpaired) electrons. The fourth-order valence-electron chi connectivity index (χ4n) is 4.46. The van der Waals surface area contributed by atoms with Gasteiger partial charge in [-0.25, -0.2) is 0 Å². The molecule has 1 fully saturated rings. The first kappa shape index (κ1) is 23.9. The minimum absolute atomic E-state index is 0.0336. The molecule has 0 unspecified atom stereocenters. The van der Waals surface area contributed by atoms with Crippen molar-refractivity contribution in [3.8, 4) is 11.1 Å². The molecule has 1 heterocycles. The molecule has 0 aliphatic carbocycles. The third-order valence-electron chi connectivity index (χ3n) is 6.33. The summed E-state index contributed by atoms with van der Waals surface area (Å²) in [5.74, 6) is 0. The van der Waals surface area contributed by atoms with Gasteiger partial charge in [0.1, 0.15) is 0 Å². The molecule has 1 N–H and O–H groups in total. The summed E-state index contributed by atoms with van der Waals surface area (Å²) in [5.41, 5.74) is 1.30. The molecule has 3 aromatic carbocycles. The Morgan fingerprint density at radius 1 is 0.941 bits per heavy atom. The number of nitro benzene ring substituents is 1. The molecule has 1 saturated heterocycles. The molecule has 8 heteroatoms. The van der Waals surface area contributed by atoms with Crippen LogP contribution in [0.3, 0.4) is 0 Å². The molecule has 34 heavy (non-hydrogen) atoms. The third kappa shape index (κ3) is 5.46. The van der Waals surface area contributed by atoms with Crippen LogP contribution < -0.4 is 5.32 Å². The van der Waals surface area contributed by atoms with E-state index in [1.807, 2.05) is 18.2 Å². The van der Waals surface area contributed by atoms with Gasteiger partial charge in [0.05, 0.1) is 23.7 Å². The molecule has 0 spiro atoms. The van der Waals surface area contributed by atoms with Crippen LogP contribution in [-0.4, -0.2) is 24.6 Å². The standard InChI is InChI=1S/C26H25F3N2O3/c27-26(28,29)23-15-19(14-21(16-23)20-6-8-24(9-7-20)31(32)33)17-34-18-25(10-12-30-13-11-25)22-4-2-1-3-5-22/h1-9,14-16,30H,10-13,17-18H2. The summed E-state index contributed by atoms with van der Waals surface area (Å²) in [4.78, 5) is 10.4. The number of alkyl halides is 3. The van der Waals surface area contributed by atoms with Crippen LogP contribution in [0.4, 0.5) is 18.9 Å². The Morgan fingerprint density at radius 3 is 2.24 bits per heavy atom. The molecule has 5 nitrogen and oxygen atoms in total. The van der Waals surface area contributed by atoms with Gasteiger partial charge >= 0.3 is 6.18 Å². The van der Waals surface area contributed by atoms with E-state index in [0.29, 0.717) is 23.3 Å². The average Bonchev–Trinajstić information content (AvgIpc) is 2.84. The number of rotatable bonds is 7. The smallest absolute Gasteiger partial charge is 0.376 e. The quantitative estimate of drug-likeness (QED) is 0.334. The van der Waals surface area contributed by atoms with E-state index in [1.54, 1.807) is 6.07 Å². The van der Waals surface area contributed by atoms with Gasteiger partial charge in [0, 0.05) is 17.5 Å². The molecule has 1 aliphatic heterocycles. The SMILES string of the molecule is O=[N+]([O-])c1ccc(-c2cc(COCC3(c4ccccc4)CCNCC3)cc(C(F)(F)F)c2)cc1. The molecule has 178 valence electrons. The molecular formula is C26H25F3N2O3. The number of halogens is 3. The molecule has 0 atom stereocenters. The molecule has 0 aromatic heterocycles. The van der Waals surface area contributed by atoms with E-state index in [1.165, 1.54) is 29.8 Å². The van der Waals surface area contributed by atoms with Crippen molar-refractivity contribution in [3.63, 3.8) is 0 Å². The van der Waals surface area contributed by atoms with E-state index < -0.39 is 16.7 Å². The number of non-ortho nitro benzene ring substituents is 1. The average molecular weight is 470 g/mol. The van der Waals surface area contributed by atoms with Gasteiger partial charge in [-0.2, -0.15) is 13.2 Å². The van der Waals surface area contributed by atoms with Crippen molar-refractivity contribution in [2.24, 2.45) is 0 Å². The van der Waals surface area contributed by atoms with Gasteiger partial charge in [0.25, 0.3) is 5.69 Å². The number of piperidine rings is 1. The highest BCUT2D eigenvalue weighted by molar-refractivity contribution is 5.66. The summed E-state index contributed by atoms with van der Waals surface area (Å²) in [6.45, 7) is 2.14. The summed E-state index contributed by atoms with van der Waals surface area (Å²) < 4.78 is 46.8. The maximum absolute atomic E-state index is 13.6. The van der Waals surface area contributed by atoms with E-state index in [4.69, 9.17) is 4.74 Å². The predicted molar refractivity (Wildman–Crippen MR) is 123 cm³/mol. The van der Waals surface area contributed by atoms with Gasteiger partial charge in [0.15, 0.2) is 0 Å². The summed E-state index contributed by atoms with van der Waals surface area (Å²) in [5, 5.41) is 14.3. The van der Waals surface area contributed by atoms with Crippen LogP contribution in [0.15, 0.2) is 72.8 Å². The van der Waals surface area contributed by atoms with Gasteiger partial charge in [-0.05, 0) is 78.5 Å². The Hall–Kier alpha value is -3.23. The first-order valence-electron chi connectivity index (χ1n) is 11.1. The Kier molecular flexibility index (Phi) is 7.00. The van der Waals surface area contributed by atoms with Gasteiger partial charge < -0.3 is 10.1 Å². The maximum Gasteiger partial charge on any atom is 0.416 e. The molecule has 0 bridgehead atoms. The summed E-state index contributed by atoms with van der Waals surface area (Å²) >= 11 is 0. The van der Waals surface area contributed by atoms with Gasteiger partial charge in [-0.1, -0.05) is 30.3 Å². The zero-order valence-corrected chi connectivity index (χ0v) is 18.5. The second kappa shape index (κ2) is 9.95. The minimum Gasteiger partial charge on any atom is -0.376 e. The van der Waals surface area contributed by atoms with Crippen LogP contribution >= 0.6 is 0 Å². The van der Waals surface area contributed by atoms with Crippen LogP contribution in [0.1, 0.15) is 29.5 Å². The number of ether oxygens (including phenoxy) is 1. The molecule has 0 amide bonds. The van der Waals surface area contributed by atoms with Crippen molar-refractivity contribution >= 4 is 5.69 Å². The Bertz CT molecular complexity index is 1130. The number of hydrogen-bond acceptors (Lipinski definition) is 4. The van der Waals surface area contributed by atoms with Crippen molar-refractivity contribution in [1.29, 1.82) is 0 Å². The predicted octanol–water partition coefficient (Wildman–Crippen LogP) is 6.12. The van der Waals surface area contributed by atoms with Crippen molar-refractivity contribution < 1.29 is 22.8 Å². The highest BCUT2D eigenvalue weighted by Gasteiger charge is 2.34. The third-order valence-corrected chi connectivity index (χ3v) is 6.33. The number of nitrogens with zero attached hydrogens (tertiary/aromatic N) is 1. The number of hydrogen-bond donors (Lipinski definition) is 1. The molecule has 1 aliphatic rings. The fraction of sp³-hybridized carbons (Fsp3) is 0.308. The molecule has 3 aromatic rings. The van der Waals surface area contributed by atoms with Crippen LogP contribution in [-0.2, 0) is 22.9 Å². The maximum atomic E-state index is 13.6. The normalized spacial score (nSPS) is 15.7. The first-order chi connectivity index (χ1) is 16.3. The highest BCUT2D eigenvalue weighted by atomic mass is 19.4. The van der Waals surface area contributed by atoms with E-state index in [0.717, 1.165) is 38.1 Å². The van der Waals surface area contributed by atoms with Crippen molar-refractivity contribution in [2.75, 3.05) is 19.7 Å². The Balaban J connectivity index is 1.57. The Labute approximate surface area is 195 Å². The van der Waals surface area contributed by atoms with E-state index >= 15 is 0 Å². The lowest BCUT2D eigenvalue weighted by Gasteiger charge is -2.38. The monoisotopic (exact) mass is 470 g/mol. The lowest BCUT2D eigenvalue weighted by molar-refractivity contribution is -0.384. The summed E-state index contributed by atoms with van der Waals surface area (Å²) in [6, 6.07) is 19.4. The second-order valence-corrected chi connectivity index (χ2v) is 8.61. The highest BCUT2D eigenvalue weighted by Crippen LogP contribution is 2.36. The molecule has 4 rings (SSSR count). The molecular weight excluding hydrogens is 445 g/mol. The van der Waals surface area contributed by atoms with E-state index in [2.05, 4.69) is 17.4 Å². The van der Waals surface area contributed by atoms with E-state index in [9.17, 15) is 23.3 Å². The van der Waals surface area contributed by atoms with Crippen LogP contribution in [0.2, 0.25) is 0 Å². The lowest BCUT2D eigenvalue weighted by Crippen LogP contribution is -2.43. The van der Waals surface area contributed by atoms with Crippen molar-refractivity contribution in [1.82, 2.24) is 5.32 Å². The number of nitrogens with one attached hydrogen (secondary N) is 1. The fourth-order valence-corrected chi connectivity index (χ4v) is 4.46. The first-order valence-corrected chi connectivity index (χ1v) is 11.1. The van der Waals surface area contributed by atoms with Crippen molar-refractivity contribution in [3.05, 3.63) is 99.6 Å². The van der Waals surface area contributed by atoms with Crippen molar-refractivity contribution in [2.45, 2.75) is 31.0 Å². The largest absolute Gasteiger partial charge is 0.416 e. The zero-order valence-electron chi connectivity index (χ0n) is 18.5. The Morgan fingerprint density at radius 2 is 1.62 bits per heavy atom. The lowest BCUT2D eigenvalue weighted by atomic mass is 9.74. The van der Waals surface area contributed by atoms with Gasteiger partial charge in [-0.15, -0.1) is 0 Å². The van der Waals surface area contributed by atoms with Crippen LogP contribution in [0.5, 0.6) is 0 Å². The van der Waals surface area contributed by atoms with Gasteiger partial charge in [0.2, 0.25) is 0 Å². The van der Waals surface area contributed by atoms with Crippen LogP contribution in [0, 0.1) is 10.1 Å². The zero-order chi connectivity index (χ0) is 24.2. The summed E-state index contributed by atoms with van der Waals surface area (Å²) in [7, 11) is 0. The second-order valence-electron chi connectivity index (χ2n) is 8.61. The number of nitro groups is 1. The van der Waals surface area contributed by atoms with Gasteiger partial charge in [-0.3, -0.25) is 10.1 Å². The molecule has 0 saturated carbocycles. The van der Waals surface area contributed by atoms with Crippen LogP contribution in [0.25, 0.3) is 11.1 Å². The minimum atomic E-state index is -4.52. The topological polar surface area (TPSA) is 64.4 Å². The van der Waals surface area contributed by atoms with E-state index in [-0.39, 0.29) is 17.7 Å². The summed E-state index contributed by atoms with van der Waals surface area (Å²) in [6.07, 6.45) is -2.76. The number of benzene rings is 3.